The van der Waals surface area contributed by atoms with Crippen LogP contribution in [0.4, 0.5) is 0 Å². The van der Waals surface area contributed by atoms with Gasteiger partial charge in [0.05, 0.1) is 0 Å². The fraction of sp³-hybridized carbons (Fsp3) is 0.667. The molecule has 0 spiro atoms. The van der Waals surface area contributed by atoms with Gasteiger partial charge in [0.25, 0.3) is 11.5 Å². The number of H-pyrrole nitrogens is 1. The molecule has 4 aliphatic carbocycles. The second-order valence-corrected chi connectivity index (χ2v) is 6.74. The highest BCUT2D eigenvalue weighted by Crippen LogP contribution is 2.53. The summed E-state index contributed by atoms with van der Waals surface area (Å²) in [5.41, 5.74) is 0.0228. The molecule has 5 nitrogen and oxygen atoms in total. The normalized spacial score (nSPS) is 37.9. The number of hydrogen-bond acceptors (Lipinski definition) is 3. The summed E-state index contributed by atoms with van der Waals surface area (Å²) < 4.78 is 0. The van der Waals surface area contributed by atoms with Crippen molar-refractivity contribution in [2.45, 2.75) is 38.1 Å². The van der Waals surface area contributed by atoms with Crippen LogP contribution in [0, 0.1) is 23.7 Å². The highest BCUT2D eigenvalue weighted by atomic mass is 16.2. The Balaban J connectivity index is 1.50. The molecule has 1 aromatic heterocycles. The van der Waals surface area contributed by atoms with Gasteiger partial charge >= 0.3 is 0 Å². The quantitative estimate of drug-likeness (QED) is 0.853. The highest BCUT2D eigenvalue weighted by molar-refractivity contribution is 5.92. The Morgan fingerprint density at radius 3 is 2.30 bits per heavy atom. The van der Waals surface area contributed by atoms with Crippen LogP contribution in [0.5, 0.6) is 0 Å². The van der Waals surface area contributed by atoms with E-state index in [0.717, 1.165) is 11.8 Å². The molecule has 0 aliphatic heterocycles. The first kappa shape index (κ1) is 12.1. The van der Waals surface area contributed by atoms with Crippen LogP contribution in [-0.2, 0) is 0 Å². The summed E-state index contributed by atoms with van der Waals surface area (Å²) in [5.74, 6) is 2.95. The van der Waals surface area contributed by atoms with Crippen LogP contribution in [0.25, 0.3) is 0 Å². The Labute approximate surface area is 117 Å². The topological polar surface area (TPSA) is 74.8 Å². The molecule has 0 radical (unpaired) electrons. The Morgan fingerprint density at radius 1 is 1.10 bits per heavy atom. The molecule has 1 heterocycles. The third kappa shape index (κ3) is 1.96. The molecule has 4 fully saturated rings. The molecule has 4 aliphatic rings. The number of hydrogen-bond donors (Lipinski definition) is 2. The molecule has 5 heteroatoms. The third-order valence-corrected chi connectivity index (χ3v) is 5.44. The van der Waals surface area contributed by atoms with E-state index >= 15 is 0 Å². The Hall–Kier alpha value is -1.65. The number of carbonyl (C=O) groups is 1. The minimum Gasteiger partial charge on any atom is -0.347 e. The molecule has 1 aromatic rings. The molecule has 0 saturated heterocycles. The zero-order valence-electron chi connectivity index (χ0n) is 11.3. The van der Waals surface area contributed by atoms with Gasteiger partial charge in [-0.15, -0.1) is 0 Å². The highest BCUT2D eigenvalue weighted by Gasteiger charge is 2.48. The van der Waals surface area contributed by atoms with Crippen molar-refractivity contribution in [2.24, 2.45) is 23.7 Å². The van der Waals surface area contributed by atoms with Gasteiger partial charge in [0.2, 0.25) is 0 Å². The molecule has 0 aromatic carbocycles. The molecule has 0 unspecified atom stereocenters. The fourth-order valence-corrected chi connectivity index (χ4v) is 4.86. The lowest BCUT2D eigenvalue weighted by Crippen LogP contribution is -2.55. The molecule has 4 bridgehead atoms. The Kier molecular flexibility index (Phi) is 2.69. The van der Waals surface area contributed by atoms with Crippen LogP contribution in [-0.4, -0.2) is 22.1 Å². The molecule has 2 N–H and O–H groups in total. The summed E-state index contributed by atoms with van der Waals surface area (Å²) in [6.07, 6.45) is 6.51. The summed E-state index contributed by atoms with van der Waals surface area (Å²) in [6.45, 7) is 0. The van der Waals surface area contributed by atoms with E-state index in [1.807, 2.05) is 0 Å². The number of rotatable bonds is 2. The first-order valence-corrected chi connectivity index (χ1v) is 7.55. The predicted molar refractivity (Wildman–Crippen MR) is 73.2 cm³/mol. The summed E-state index contributed by atoms with van der Waals surface area (Å²) in [4.78, 5) is 23.2. The second kappa shape index (κ2) is 4.43. The molecule has 0 atom stereocenters. The first-order chi connectivity index (χ1) is 9.69. The number of amides is 1. The Bertz CT molecular complexity index is 547. The molecule has 4 saturated carbocycles. The van der Waals surface area contributed by atoms with Crippen LogP contribution >= 0.6 is 0 Å². The van der Waals surface area contributed by atoms with Gasteiger partial charge in [-0.25, -0.2) is 5.10 Å². The van der Waals surface area contributed by atoms with Crippen molar-refractivity contribution >= 4 is 5.91 Å². The number of aromatic nitrogens is 2. The largest absolute Gasteiger partial charge is 0.347 e. The minimum absolute atomic E-state index is 0.154. The van der Waals surface area contributed by atoms with Crippen molar-refractivity contribution in [1.29, 1.82) is 0 Å². The monoisotopic (exact) mass is 273 g/mol. The third-order valence-electron chi connectivity index (χ3n) is 5.44. The number of carbonyl (C=O) groups excluding carboxylic acids is 1. The van der Waals surface area contributed by atoms with Gasteiger partial charge in [-0.3, -0.25) is 9.59 Å². The lowest BCUT2D eigenvalue weighted by Gasteiger charge is -2.54. The molecular formula is C15H19N3O2. The maximum absolute atomic E-state index is 12.3. The predicted octanol–water partition coefficient (Wildman–Crippen LogP) is 1.32. The minimum atomic E-state index is -0.281. The van der Waals surface area contributed by atoms with E-state index in [-0.39, 0.29) is 11.5 Å². The van der Waals surface area contributed by atoms with Gasteiger partial charge in [-0.1, -0.05) is 0 Å². The molecule has 5 rings (SSSR count). The average molecular weight is 273 g/mol. The smallest absolute Gasteiger partial charge is 0.271 e. The maximum Gasteiger partial charge on any atom is 0.271 e. The zero-order chi connectivity index (χ0) is 13.7. The van der Waals surface area contributed by atoms with Gasteiger partial charge in [0.15, 0.2) is 0 Å². The van der Waals surface area contributed by atoms with Crippen molar-refractivity contribution in [3.05, 3.63) is 28.2 Å². The maximum atomic E-state index is 12.3. The van der Waals surface area contributed by atoms with Crippen molar-refractivity contribution < 1.29 is 4.79 Å². The van der Waals surface area contributed by atoms with Crippen molar-refractivity contribution in [2.75, 3.05) is 0 Å². The average Bonchev–Trinajstić information content (AvgIpc) is 2.42. The lowest BCUT2D eigenvalue weighted by atomic mass is 9.54. The van der Waals surface area contributed by atoms with E-state index in [0.29, 0.717) is 23.6 Å². The standard InChI is InChI=1S/C15H19N3O2/c19-13-2-1-12(17-18-13)15(20)16-14-10-4-8-3-9(6-10)7-11(14)5-8/h1-2,8-11,14H,3-7H2,(H,16,20)(H,18,19). The van der Waals surface area contributed by atoms with E-state index in [2.05, 4.69) is 15.5 Å². The number of nitrogens with one attached hydrogen (secondary N) is 2. The van der Waals surface area contributed by atoms with E-state index < -0.39 is 0 Å². The molecular weight excluding hydrogens is 254 g/mol. The second-order valence-electron chi connectivity index (χ2n) is 6.74. The molecule has 1 amide bonds. The van der Waals surface area contributed by atoms with Crippen LogP contribution in [0.1, 0.15) is 42.6 Å². The van der Waals surface area contributed by atoms with E-state index in [1.165, 1.54) is 44.2 Å². The number of aromatic amines is 1. The van der Waals surface area contributed by atoms with E-state index in [1.54, 1.807) is 0 Å². The van der Waals surface area contributed by atoms with E-state index in [4.69, 9.17) is 0 Å². The molecule has 20 heavy (non-hydrogen) atoms. The fourth-order valence-electron chi connectivity index (χ4n) is 4.86. The summed E-state index contributed by atoms with van der Waals surface area (Å²) >= 11 is 0. The van der Waals surface area contributed by atoms with Crippen LogP contribution < -0.4 is 10.9 Å². The zero-order valence-corrected chi connectivity index (χ0v) is 11.3. The van der Waals surface area contributed by atoms with Gasteiger partial charge in [0.1, 0.15) is 5.69 Å². The van der Waals surface area contributed by atoms with E-state index in [9.17, 15) is 9.59 Å². The molecule has 106 valence electrons. The van der Waals surface area contributed by atoms with Crippen molar-refractivity contribution in [3.8, 4) is 0 Å². The van der Waals surface area contributed by atoms with Crippen LogP contribution in [0.3, 0.4) is 0 Å². The summed E-state index contributed by atoms with van der Waals surface area (Å²) in [6, 6.07) is 3.15. The summed E-state index contributed by atoms with van der Waals surface area (Å²) in [7, 11) is 0. The lowest BCUT2D eigenvalue weighted by molar-refractivity contribution is -0.0120. The van der Waals surface area contributed by atoms with Gasteiger partial charge in [-0.05, 0) is 61.8 Å². The Morgan fingerprint density at radius 2 is 1.75 bits per heavy atom. The van der Waals surface area contributed by atoms with Crippen molar-refractivity contribution in [1.82, 2.24) is 15.5 Å². The van der Waals surface area contributed by atoms with Gasteiger partial charge in [0, 0.05) is 12.1 Å². The van der Waals surface area contributed by atoms with Crippen LogP contribution in [0.2, 0.25) is 0 Å². The van der Waals surface area contributed by atoms with Gasteiger partial charge < -0.3 is 5.32 Å². The number of nitrogens with zero attached hydrogens (tertiary/aromatic N) is 1. The SMILES string of the molecule is O=C(NC1C2CC3CC(C2)CC1C3)c1ccc(=O)[nH]n1. The van der Waals surface area contributed by atoms with Gasteiger partial charge in [-0.2, -0.15) is 5.10 Å². The first-order valence-electron chi connectivity index (χ1n) is 7.55. The summed E-state index contributed by atoms with van der Waals surface area (Å²) in [5, 5.41) is 9.30. The van der Waals surface area contributed by atoms with Crippen LogP contribution in [0.15, 0.2) is 16.9 Å². The van der Waals surface area contributed by atoms with Crippen molar-refractivity contribution in [3.63, 3.8) is 0 Å².